The molecule has 0 aliphatic heterocycles. The molecule has 166 valence electrons. The van der Waals surface area contributed by atoms with Gasteiger partial charge < -0.3 is 10.2 Å². The molecule has 1 aliphatic carbocycles. The molecule has 0 fully saturated rings. The molecule has 1 aromatic rings. The van der Waals surface area contributed by atoms with Gasteiger partial charge in [0.05, 0.1) is 0 Å². The van der Waals surface area contributed by atoms with Crippen LogP contribution in [0.15, 0.2) is 36.2 Å². The minimum Gasteiger partial charge on any atom is -0.355 e. The third-order valence-electron chi connectivity index (χ3n) is 6.25. The lowest BCUT2D eigenvalue weighted by Gasteiger charge is -2.38. The molecule has 0 unspecified atom stereocenters. The zero-order valence-electron chi connectivity index (χ0n) is 19.7. The van der Waals surface area contributed by atoms with Crippen LogP contribution >= 0.6 is 0 Å². The maximum Gasteiger partial charge on any atom is 0.225 e. The molecule has 30 heavy (non-hydrogen) atoms. The number of pyridine rings is 1. The maximum absolute atomic E-state index is 12.9. The number of hydrogen-bond acceptors (Lipinski definition) is 3. The van der Waals surface area contributed by atoms with Crippen LogP contribution in [0.4, 0.5) is 0 Å². The summed E-state index contributed by atoms with van der Waals surface area (Å²) in [5.41, 5.74) is 1.93. The van der Waals surface area contributed by atoms with E-state index in [2.05, 4.69) is 37.1 Å². The van der Waals surface area contributed by atoms with E-state index in [1.165, 1.54) is 5.57 Å². The zero-order valence-corrected chi connectivity index (χ0v) is 19.7. The quantitative estimate of drug-likeness (QED) is 0.672. The van der Waals surface area contributed by atoms with E-state index >= 15 is 0 Å². The van der Waals surface area contributed by atoms with Crippen molar-refractivity contribution in [3.05, 3.63) is 41.7 Å². The normalized spacial score (nSPS) is 21.9. The number of nitrogens with one attached hydrogen (secondary N) is 1. The molecule has 5 nitrogen and oxygen atoms in total. The van der Waals surface area contributed by atoms with Crippen molar-refractivity contribution in [1.29, 1.82) is 0 Å². The van der Waals surface area contributed by atoms with Crippen LogP contribution < -0.4 is 5.32 Å². The van der Waals surface area contributed by atoms with E-state index in [0.29, 0.717) is 37.3 Å². The molecule has 0 bridgehead atoms. The van der Waals surface area contributed by atoms with Crippen LogP contribution in [-0.4, -0.2) is 35.3 Å². The summed E-state index contributed by atoms with van der Waals surface area (Å²) in [6, 6.07) is 3.89. The molecule has 0 radical (unpaired) electrons. The van der Waals surface area contributed by atoms with Gasteiger partial charge in [-0.25, -0.2) is 0 Å². The summed E-state index contributed by atoms with van der Waals surface area (Å²) in [5.74, 6) is 1.78. The van der Waals surface area contributed by atoms with Crippen molar-refractivity contribution in [1.82, 2.24) is 15.2 Å². The number of carbonyl (C=O) groups excluding carboxylic acids is 2. The standard InChI is InChI=1S/C25H39N3O2/c1-17(2)22-12-20(13-23(29)28(7)16-19-9-8-10-26-14-19)18(3)11-21(22)15-27-24(30)25(4,5)6/h8-11,14,17,20-22H,12-13,15-16H2,1-7H3,(H,27,30)/t20-,21-,22-/m0/s1. The largest absolute Gasteiger partial charge is 0.355 e. The molecule has 0 spiro atoms. The van der Waals surface area contributed by atoms with Gasteiger partial charge >= 0.3 is 0 Å². The number of nitrogens with zero attached hydrogens (tertiary/aromatic N) is 2. The van der Waals surface area contributed by atoms with Crippen LogP contribution in [0.2, 0.25) is 0 Å². The fourth-order valence-corrected chi connectivity index (χ4v) is 4.20. The summed E-state index contributed by atoms with van der Waals surface area (Å²) in [4.78, 5) is 31.1. The van der Waals surface area contributed by atoms with Crippen LogP contribution in [0.3, 0.4) is 0 Å². The van der Waals surface area contributed by atoms with E-state index in [4.69, 9.17) is 0 Å². The Hall–Kier alpha value is -2.17. The van der Waals surface area contributed by atoms with Crippen molar-refractivity contribution in [2.45, 2.75) is 60.9 Å². The number of allylic oxidation sites excluding steroid dienone is 1. The number of aromatic nitrogens is 1. The topological polar surface area (TPSA) is 62.3 Å². The molecular formula is C25H39N3O2. The predicted molar refractivity (Wildman–Crippen MR) is 121 cm³/mol. The molecule has 1 heterocycles. The van der Waals surface area contributed by atoms with Crippen molar-refractivity contribution >= 4 is 11.8 Å². The molecule has 2 rings (SSSR count). The van der Waals surface area contributed by atoms with Gasteiger partial charge in [0.1, 0.15) is 0 Å². The second-order valence-corrected chi connectivity index (χ2v) is 10.2. The number of hydrogen-bond donors (Lipinski definition) is 1. The fraction of sp³-hybridized carbons (Fsp3) is 0.640. The van der Waals surface area contributed by atoms with Gasteiger partial charge in [0.15, 0.2) is 0 Å². The molecule has 0 saturated carbocycles. The van der Waals surface area contributed by atoms with Gasteiger partial charge in [-0.2, -0.15) is 0 Å². The van der Waals surface area contributed by atoms with Gasteiger partial charge in [-0.05, 0) is 48.6 Å². The summed E-state index contributed by atoms with van der Waals surface area (Å²) < 4.78 is 0. The van der Waals surface area contributed by atoms with Crippen LogP contribution in [0.25, 0.3) is 0 Å². The van der Waals surface area contributed by atoms with Gasteiger partial charge in [0.2, 0.25) is 11.8 Å². The highest BCUT2D eigenvalue weighted by molar-refractivity contribution is 5.81. The third-order valence-corrected chi connectivity index (χ3v) is 6.25. The molecule has 0 saturated heterocycles. The molecule has 2 amide bonds. The lowest BCUT2D eigenvalue weighted by atomic mass is 9.69. The molecule has 5 heteroatoms. The molecule has 1 N–H and O–H groups in total. The Kier molecular flexibility index (Phi) is 8.22. The smallest absolute Gasteiger partial charge is 0.225 e. The van der Waals surface area contributed by atoms with Gasteiger partial charge in [-0.3, -0.25) is 14.6 Å². The predicted octanol–water partition coefficient (Wildman–Crippen LogP) is 4.45. The van der Waals surface area contributed by atoms with Gasteiger partial charge in [-0.15, -0.1) is 0 Å². The molecule has 1 aliphatic rings. The van der Waals surface area contributed by atoms with Crippen LogP contribution in [0.1, 0.15) is 59.9 Å². The SMILES string of the molecule is CC1=C[C@@H](CNC(=O)C(C)(C)C)[C@H](C(C)C)C[C@H]1CC(=O)N(C)Cc1cccnc1. The Labute approximate surface area is 182 Å². The highest BCUT2D eigenvalue weighted by atomic mass is 16.2. The van der Waals surface area contributed by atoms with E-state index < -0.39 is 0 Å². The minimum atomic E-state index is -0.380. The van der Waals surface area contributed by atoms with Gasteiger partial charge in [0, 0.05) is 44.4 Å². The number of carbonyl (C=O) groups is 2. The van der Waals surface area contributed by atoms with Crippen molar-refractivity contribution in [2.75, 3.05) is 13.6 Å². The van der Waals surface area contributed by atoms with E-state index in [-0.39, 0.29) is 23.1 Å². The molecule has 0 aromatic carbocycles. The second-order valence-electron chi connectivity index (χ2n) is 10.2. The second kappa shape index (κ2) is 10.2. The Bertz CT molecular complexity index is 749. The first kappa shape index (κ1) is 24.1. The third kappa shape index (κ3) is 6.68. The Morgan fingerprint density at radius 3 is 2.57 bits per heavy atom. The maximum atomic E-state index is 12.9. The average Bonchev–Trinajstić information content (AvgIpc) is 2.67. The highest BCUT2D eigenvalue weighted by Gasteiger charge is 2.33. The highest BCUT2D eigenvalue weighted by Crippen LogP contribution is 2.39. The van der Waals surface area contributed by atoms with E-state index in [1.54, 1.807) is 17.3 Å². The Balaban J connectivity index is 2.02. The number of amides is 2. The van der Waals surface area contributed by atoms with Crippen LogP contribution in [-0.2, 0) is 16.1 Å². The fourth-order valence-electron chi connectivity index (χ4n) is 4.20. The number of rotatable bonds is 7. The lowest BCUT2D eigenvalue weighted by molar-refractivity contribution is -0.131. The van der Waals surface area contributed by atoms with Crippen molar-refractivity contribution in [3.8, 4) is 0 Å². The van der Waals surface area contributed by atoms with E-state index in [0.717, 1.165) is 12.0 Å². The average molecular weight is 414 g/mol. The zero-order chi connectivity index (χ0) is 22.5. The summed E-state index contributed by atoms with van der Waals surface area (Å²) in [6.45, 7) is 13.7. The van der Waals surface area contributed by atoms with Crippen molar-refractivity contribution in [3.63, 3.8) is 0 Å². The first-order valence-corrected chi connectivity index (χ1v) is 11.1. The summed E-state index contributed by atoms with van der Waals surface area (Å²) >= 11 is 0. The summed E-state index contributed by atoms with van der Waals surface area (Å²) in [6.07, 6.45) is 7.37. The first-order chi connectivity index (χ1) is 14.0. The molecule has 1 aromatic heterocycles. The van der Waals surface area contributed by atoms with Gasteiger partial charge in [-0.1, -0.05) is 52.3 Å². The Morgan fingerprint density at radius 2 is 2.00 bits per heavy atom. The summed E-state index contributed by atoms with van der Waals surface area (Å²) in [7, 11) is 1.86. The van der Waals surface area contributed by atoms with Crippen molar-refractivity contribution in [2.24, 2.45) is 29.1 Å². The van der Waals surface area contributed by atoms with Gasteiger partial charge in [0.25, 0.3) is 0 Å². The lowest BCUT2D eigenvalue weighted by Crippen LogP contribution is -2.41. The monoisotopic (exact) mass is 413 g/mol. The molecule has 3 atom stereocenters. The van der Waals surface area contributed by atoms with Crippen molar-refractivity contribution < 1.29 is 9.59 Å². The molecular weight excluding hydrogens is 374 g/mol. The van der Waals surface area contributed by atoms with E-state index in [9.17, 15) is 9.59 Å². The van der Waals surface area contributed by atoms with Crippen LogP contribution in [0, 0.1) is 29.1 Å². The Morgan fingerprint density at radius 1 is 1.30 bits per heavy atom. The summed E-state index contributed by atoms with van der Waals surface area (Å²) in [5, 5.41) is 3.13. The van der Waals surface area contributed by atoms with Crippen LogP contribution in [0.5, 0.6) is 0 Å². The first-order valence-electron chi connectivity index (χ1n) is 11.1. The minimum absolute atomic E-state index is 0.0883. The van der Waals surface area contributed by atoms with E-state index in [1.807, 2.05) is 40.0 Å².